The Morgan fingerprint density at radius 2 is 1.50 bits per heavy atom. The number of aromatic hydroxyl groups is 1. The van der Waals surface area contributed by atoms with Crippen LogP contribution in [0.15, 0.2) is 45.3 Å². The average molecular weight is 470 g/mol. The van der Waals surface area contributed by atoms with Crippen LogP contribution in [0.5, 0.6) is 11.5 Å². The van der Waals surface area contributed by atoms with Crippen molar-refractivity contribution in [2.24, 2.45) is 0 Å². The monoisotopic (exact) mass is 468 g/mol. The Kier molecular flexibility index (Phi) is 5.60. The Bertz CT molecular complexity index is 729. The van der Waals surface area contributed by atoms with Gasteiger partial charge in [-0.1, -0.05) is 0 Å². The molecule has 2 aromatic carbocycles. The maximum atomic E-state index is 12.1. The number of carbonyl (C=O) groups excluding carboxylic acids is 1. The van der Waals surface area contributed by atoms with E-state index in [1.165, 1.54) is 24.3 Å². The summed E-state index contributed by atoms with van der Waals surface area (Å²) in [7, 11) is 0. The van der Waals surface area contributed by atoms with Gasteiger partial charge in [-0.2, -0.15) is 0 Å². The number of amides is 2. The van der Waals surface area contributed by atoms with E-state index < -0.39 is 12.4 Å². The number of phenolic OH excluding ortho intramolecular Hbond substituents is 1. The largest absolute Gasteiger partial charge is 0.573 e. The van der Waals surface area contributed by atoms with Gasteiger partial charge in [-0.05, 0) is 68.3 Å². The van der Waals surface area contributed by atoms with Crippen molar-refractivity contribution in [1.82, 2.24) is 0 Å². The van der Waals surface area contributed by atoms with Crippen LogP contribution >= 0.6 is 31.9 Å². The van der Waals surface area contributed by atoms with Crippen LogP contribution in [-0.2, 0) is 0 Å². The molecule has 0 saturated heterocycles. The number of hydrogen-bond donors (Lipinski definition) is 3. The maximum absolute atomic E-state index is 12.1. The van der Waals surface area contributed by atoms with Crippen LogP contribution in [0, 0.1) is 0 Å². The third-order valence-corrected chi connectivity index (χ3v) is 3.83. The number of nitrogens with one attached hydrogen (secondary N) is 2. The van der Waals surface area contributed by atoms with Crippen molar-refractivity contribution in [2.75, 3.05) is 10.6 Å². The second-order valence-electron chi connectivity index (χ2n) is 4.44. The molecule has 0 bridgehead atoms. The zero-order valence-electron chi connectivity index (χ0n) is 11.6. The normalized spacial score (nSPS) is 11.0. The average Bonchev–Trinajstić information content (AvgIpc) is 2.45. The Hall–Kier alpha value is -1.94. The van der Waals surface area contributed by atoms with Gasteiger partial charge in [0, 0.05) is 11.4 Å². The molecule has 0 radical (unpaired) electrons. The molecule has 0 atom stereocenters. The van der Waals surface area contributed by atoms with Gasteiger partial charge in [0.2, 0.25) is 0 Å². The quantitative estimate of drug-likeness (QED) is 0.523. The maximum Gasteiger partial charge on any atom is 0.573 e. The molecule has 24 heavy (non-hydrogen) atoms. The topological polar surface area (TPSA) is 70.6 Å². The van der Waals surface area contributed by atoms with Crippen LogP contribution in [0.1, 0.15) is 0 Å². The van der Waals surface area contributed by atoms with Crippen LogP contribution in [0.4, 0.5) is 29.3 Å². The van der Waals surface area contributed by atoms with Gasteiger partial charge in [0.1, 0.15) is 11.5 Å². The second kappa shape index (κ2) is 7.31. The minimum atomic E-state index is -4.77. The fourth-order valence-corrected chi connectivity index (χ4v) is 2.86. The number of halogens is 5. The van der Waals surface area contributed by atoms with Gasteiger partial charge >= 0.3 is 12.4 Å². The van der Waals surface area contributed by atoms with Gasteiger partial charge in [0.15, 0.2) is 0 Å². The predicted molar refractivity (Wildman–Crippen MR) is 89.3 cm³/mol. The Morgan fingerprint density at radius 1 is 1.00 bits per heavy atom. The highest BCUT2D eigenvalue weighted by Crippen LogP contribution is 2.35. The summed E-state index contributed by atoms with van der Waals surface area (Å²) in [5.41, 5.74) is 0.667. The van der Waals surface area contributed by atoms with E-state index in [1.807, 2.05) is 0 Å². The van der Waals surface area contributed by atoms with Crippen LogP contribution in [-0.4, -0.2) is 17.5 Å². The molecule has 0 heterocycles. The van der Waals surface area contributed by atoms with E-state index in [1.54, 1.807) is 0 Å². The highest BCUT2D eigenvalue weighted by atomic mass is 79.9. The van der Waals surface area contributed by atoms with Gasteiger partial charge in [0.25, 0.3) is 0 Å². The first-order valence-corrected chi connectivity index (χ1v) is 7.84. The SMILES string of the molecule is O=C(Nc1ccc(OC(F)(F)F)cc1)Nc1cc(Br)c(O)c(Br)c1. The fraction of sp³-hybridized carbons (Fsp3) is 0.0714. The van der Waals surface area contributed by atoms with Crippen LogP contribution < -0.4 is 15.4 Å². The molecule has 0 aliphatic heterocycles. The van der Waals surface area contributed by atoms with Gasteiger partial charge in [-0.25, -0.2) is 4.79 Å². The van der Waals surface area contributed by atoms with Crippen molar-refractivity contribution in [2.45, 2.75) is 6.36 Å². The lowest BCUT2D eigenvalue weighted by molar-refractivity contribution is -0.274. The molecule has 2 amide bonds. The van der Waals surface area contributed by atoms with E-state index in [0.29, 0.717) is 14.6 Å². The number of urea groups is 1. The summed E-state index contributed by atoms with van der Waals surface area (Å²) >= 11 is 6.26. The minimum Gasteiger partial charge on any atom is -0.506 e. The molecule has 0 spiro atoms. The standard InChI is InChI=1S/C14H9Br2F3N2O3/c15-10-5-8(6-11(16)12(10)22)21-13(23)20-7-1-3-9(4-2-7)24-14(17,18)19/h1-6,22H,(H2,20,21,23). The fourth-order valence-electron chi connectivity index (χ4n) is 1.67. The molecule has 2 aromatic rings. The molecule has 0 aliphatic rings. The zero-order valence-corrected chi connectivity index (χ0v) is 14.8. The summed E-state index contributed by atoms with van der Waals surface area (Å²) < 4.78 is 40.7. The summed E-state index contributed by atoms with van der Waals surface area (Å²) in [6.45, 7) is 0. The van der Waals surface area contributed by atoms with Crippen molar-refractivity contribution < 1.29 is 27.8 Å². The third-order valence-electron chi connectivity index (χ3n) is 2.62. The first-order valence-electron chi connectivity index (χ1n) is 6.26. The summed E-state index contributed by atoms with van der Waals surface area (Å²) in [4.78, 5) is 11.9. The lowest BCUT2D eigenvalue weighted by atomic mass is 10.3. The molecule has 0 aromatic heterocycles. The first-order chi connectivity index (χ1) is 11.1. The molecular formula is C14H9Br2F3N2O3. The van der Waals surface area contributed by atoms with Crippen LogP contribution in [0.25, 0.3) is 0 Å². The van der Waals surface area contributed by atoms with Gasteiger partial charge in [0.05, 0.1) is 8.95 Å². The lowest BCUT2D eigenvalue weighted by Crippen LogP contribution is -2.19. The van der Waals surface area contributed by atoms with Crippen LogP contribution in [0.3, 0.4) is 0 Å². The number of benzene rings is 2. The molecule has 2 rings (SSSR count). The summed E-state index contributed by atoms with van der Waals surface area (Å²) in [5.74, 6) is -0.402. The molecule has 10 heteroatoms. The number of rotatable bonds is 3. The third kappa shape index (κ3) is 5.31. The van der Waals surface area contributed by atoms with E-state index >= 15 is 0 Å². The van der Waals surface area contributed by atoms with Gasteiger partial charge in [-0.3, -0.25) is 0 Å². The Labute approximate surface area is 151 Å². The number of carbonyl (C=O) groups is 1. The summed E-state index contributed by atoms with van der Waals surface area (Å²) in [6.07, 6.45) is -4.77. The summed E-state index contributed by atoms with van der Waals surface area (Å²) in [6, 6.07) is 7.06. The molecule has 3 N–H and O–H groups in total. The molecular weight excluding hydrogens is 461 g/mol. The molecule has 5 nitrogen and oxygen atoms in total. The molecule has 0 fully saturated rings. The highest BCUT2D eigenvalue weighted by Gasteiger charge is 2.30. The van der Waals surface area contributed by atoms with Crippen molar-refractivity contribution in [3.05, 3.63) is 45.3 Å². The van der Waals surface area contributed by atoms with Gasteiger partial charge in [-0.15, -0.1) is 13.2 Å². The van der Waals surface area contributed by atoms with E-state index in [-0.39, 0.29) is 17.2 Å². The zero-order chi connectivity index (χ0) is 17.9. The van der Waals surface area contributed by atoms with Gasteiger partial charge < -0.3 is 20.5 Å². The Balaban J connectivity index is 2.00. The smallest absolute Gasteiger partial charge is 0.506 e. The molecule has 0 saturated carbocycles. The number of ether oxygens (including phenoxy) is 1. The van der Waals surface area contributed by atoms with Crippen molar-refractivity contribution in [3.63, 3.8) is 0 Å². The predicted octanol–water partition coefficient (Wildman–Crippen LogP) is 5.46. The summed E-state index contributed by atoms with van der Waals surface area (Å²) in [5, 5.41) is 14.6. The molecule has 0 unspecified atom stereocenters. The minimum absolute atomic E-state index is 0.0128. The number of alkyl halides is 3. The van der Waals surface area contributed by atoms with E-state index in [2.05, 4.69) is 47.2 Å². The number of phenols is 1. The van der Waals surface area contributed by atoms with E-state index in [9.17, 15) is 23.1 Å². The van der Waals surface area contributed by atoms with Crippen molar-refractivity contribution in [1.29, 1.82) is 0 Å². The number of anilines is 2. The number of hydrogen-bond acceptors (Lipinski definition) is 3. The second-order valence-corrected chi connectivity index (χ2v) is 6.15. The lowest BCUT2D eigenvalue weighted by Gasteiger charge is -2.11. The van der Waals surface area contributed by atoms with E-state index in [4.69, 9.17) is 0 Å². The molecule has 0 aliphatic carbocycles. The molecule has 128 valence electrons. The highest BCUT2D eigenvalue weighted by molar-refractivity contribution is 9.11. The van der Waals surface area contributed by atoms with Crippen molar-refractivity contribution >= 4 is 49.3 Å². The van der Waals surface area contributed by atoms with E-state index in [0.717, 1.165) is 12.1 Å². The van der Waals surface area contributed by atoms with Crippen molar-refractivity contribution in [3.8, 4) is 11.5 Å². The van der Waals surface area contributed by atoms with Crippen LogP contribution in [0.2, 0.25) is 0 Å². The first kappa shape index (κ1) is 18.4. The Morgan fingerprint density at radius 3 is 2.00 bits per heavy atom.